The van der Waals surface area contributed by atoms with Gasteiger partial charge >= 0.3 is 0 Å². The van der Waals surface area contributed by atoms with Crippen molar-refractivity contribution < 1.29 is 8.42 Å². The first kappa shape index (κ1) is 11.1. The quantitative estimate of drug-likeness (QED) is 0.810. The number of hydrogen-bond donors (Lipinski definition) is 1. The van der Waals surface area contributed by atoms with E-state index in [2.05, 4.69) is 10.2 Å². The molecule has 1 heterocycles. The maximum absolute atomic E-state index is 12.1. The molecule has 1 aliphatic rings. The standard InChI is InChI=1S/C9H12N4O2S/c10-5-1-7-13(8-2-3-8)16(14,15)9-4-6-11-12-9/h4,6,8H,1-3,7H2,(H,11,12). The zero-order chi connectivity index (χ0) is 11.6. The molecule has 86 valence electrons. The summed E-state index contributed by atoms with van der Waals surface area (Å²) in [5, 5.41) is 14.7. The molecule has 0 spiro atoms. The Balaban J connectivity index is 2.22. The van der Waals surface area contributed by atoms with Crippen LogP contribution in [0.25, 0.3) is 0 Å². The summed E-state index contributed by atoms with van der Waals surface area (Å²) in [5.74, 6) is 0. The number of rotatable bonds is 5. The summed E-state index contributed by atoms with van der Waals surface area (Å²) in [4.78, 5) is 0. The summed E-state index contributed by atoms with van der Waals surface area (Å²) in [6.45, 7) is 0.252. The SMILES string of the molecule is N#CCCN(C1CC1)S(=O)(=O)c1ccn[nH]1. The second-order valence-corrected chi connectivity index (χ2v) is 5.53. The highest BCUT2D eigenvalue weighted by atomic mass is 32.2. The van der Waals surface area contributed by atoms with Gasteiger partial charge in [-0.1, -0.05) is 0 Å². The number of nitrogens with one attached hydrogen (secondary N) is 1. The first-order chi connectivity index (χ1) is 7.66. The van der Waals surface area contributed by atoms with Crippen molar-refractivity contribution in [1.82, 2.24) is 14.5 Å². The maximum Gasteiger partial charge on any atom is 0.260 e. The fourth-order valence-corrected chi connectivity index (χ4v) is 3.12. The second-order valence-electron chi connectivity index (χ2n) is 3.68. The zero-order valence-electron chi connectivity index (χ0n) is 8.63. The molecule has 2 rings (SSSR count). The Morgan fingerprint density at radius 3 is 2.88 bits per heavy atom. The molecule has 1 saturated carbocycles. The van der Waals surface area contributed by atoms with Crippen molar-refractivity contribution in [3.05, 3.63) is 12.3 Å². The molecule has 1 fully saturated rings. The molecule has 0 saturated heterocycles. The van der Waals surface area contributed by atoms with Crippen molar-refractivity contribution in [1.29, 1.82) is 5.26 Å². The van der Waals surface area contributed by atoms with Gasteiger partial charge in [-0.2, -0.15) is 14.7 Å². The molecule has 1 aliphatic carbocycles. The van der Waals surface area contributed by atoms with E-state index in [0.717, 1.165) is 12.8 Å². The smallest absolute Gasteiger partial charge is 0.260 e. The molecule has 0 bridgehead atoms. The molecule has 0 atom stereocenters. The summed E-state index contributed by atoms with van der Waals surface area (Å²) in [7, 11) is -3.50. The number of sulfonamides is 1. The van der Waals surface area contributed by atoms with E-state index in [1.165, 1.54) is 16.6 Å². The summed E-state index contributed by atoms with van der Waals surface area (Å²) in [6, 6.07) is 3.45. The average molecular weight is 240 g/mol. The van der Waals surface area contributed by atoms with Crippen LogP contribution in [0.1, 0.15) is 19.3 Å². The van der Waals surface area contributed by atoms with Crippen molar-refractivity contribution in [2.75, 3.05) is 6.54 Å². The lowest BCUT2D eigenvalue weighted by atomic mass is 10.4. The predicted molar refractivity (Wildman–Crippen MR) is 55.7 cm³/mol. The van der Waals surface area contributed by atoms with Crippen molar-refractivity contribution in [3.63, 3.8) is 0 Å². The topological polar surface area (TPSA) is 89.8 Å². The molecule has 1 aromatic rings. The average Bonchev–Trinajstić information content (AvgIpc) is 2.92. The summed E-state index contributed by atoms with van der Waals surface area (Å²) < 4.78 is 25.6. The van der Waals surface area contributed by atoms with Crippen LogP contribution in [0.5, 0.6) is 0 Å². The lowest BCUT2D eigenvalue weighted by Gasteiger charge is -2.19. The van der Waals surface area contributed by atoms with Crippen LogP contribution in [0.15, 0.2) is 17.3 Å². The van der Waals surface area contributed by atoms with Crippen molar-refractivity contribution in [2.45, 2.75) is 30.3 Å². The minimum Gasteiger partial charge on any atom is -0.266 e. The molecule has 0 radical (unpaired) electrons. The molecule has 7 heteroatoms. The number of H-pyrrole nitrogens is 1. The summed E-state index contributed by atoms with van der Waals surface area (Å²) in [5.41, 5.74) is 0. The van der Waals surface area contributed by atoms with Gasteiger partial charge in [-0.05, 0) is 18.9 Å². The van der Waals surface area contributed by atoms with Gasteiger partial charge < -0.3 is 0 Å². The van der Waals surface area contributed by atoms with E-state index in [-0.39, 0.29) is 24.0 Å². The van der Waals surface area contributed by atoms with Crippen LogP contribution >= 0.6 is 0 Å². The zero-order valence-corrected chi connectivity index (χ0v) is 9.44. The van der Waals surface area contributed by atoms with Crippen LogP contribution in [0, 0.1) is 11.3 Å². The van der Waals surface area contributed by atoms with Crippen LogP contribution < -0.4 is 0 Å². The lowest BCUT2D eigenvalue weighted by molar-refractivity contribution is 0.408. The fourth-order valence-electron chi connectivity index (χ4n) is 1.53. The van der Waals surface area contributed by atoms with Crippen LogP contribution in [-0.4, -0.2) is 35.5 Å². The minimum absolute atomic E-state index is 0.0571. The first-order valence-corrected chi connectivity index (χ1v) is 6.48. The normalized spacial score (nSPS) is 16.2. The summed E-state index contributed by atoms with van der Waals surface area (Å²) in [6.07, 6.45) is 3.36. The second kappa shape index (κ2) is 4.23. The fraction of sp³-hybridized carbons (Fsp3) is 0.556. The third kappa shape index (κ3) is 2.08. The van der Waals surface area contributed by atoms with Gasteiger partial charge in [0, 0.05) is 19.0 Å². The molecule has 0 aromatic carbocycles. The van der Waals surface area contributed by atoms with E-state index < -0.39 is 10.0 Å². The highest BCUT2D eigenvalue weighted by Gasteiger charge is 2.38. The van der Waals surface area contributed by atoms with Gasteiger partial charge in [-0.3, -0.25) is 5.10 Å². The Bertz CT molecular complexity index is 484. The van der Waals surface area contributed by atoms with Crippen LogP contribution in [0.3, 0.4) is 0 Å². The molecule has 1 N–H and O–H groups in total. The third-order valence-corrected chi connectivity index (χ3v) is 4.34. The monoisotopic (exact) mass is 240 g/mol. The number of nitriles is 1. The van der Waals surface area contributed by atoms with E-state index in [4.69, 9.17) is 5.26 Å². The van der Waals surface area contributed by atoms with Crippen molar-refractivity contribution in [2.24, 2.45) is 0 Å². The molecule has 6 nitrogen and oxygen atoms in total. The van der Waals surface area contributed by atoms with E-state index in [9.17, 15) is 8.42 Å². The van der Waals surface area contributed by atoms with Gasteiger partial charge in [0.1, 0.15) is 0 Å². The third-order valence-electron chi connectivity index (χ3n) is 2.46. The van der Waals surface area contributed by atoms with Gasteiger partial charge in [-0.25, -0.2) is 8.42 Å². The van der Waals surface area contributed by atoms with Crippen LogP contribution in [0.2, 0.25) is 0 Å². The Labute approximate surface area is 93.9 Å². The Hall–Kier alpha value is -1.39. The van der Waals surface area contributed by atoms with Crippen LogP contribution in [-0.2, 0) is 10.0 Å². The molecule has 1 aromatic heterocycles. The van der Waals surface area contributed by atoms with Gasteiger partial charge in [0.25, 0.3) is 10.0 Å². The highest BCUT2D eigenvalue weighted by molar-refractivity contribution is 7.89. The molecule has 0 aliphatic heterocycles. The Morgan fingerprint density at radius 2 is 2.38 bits per heavy atom. The molecule has 0 amide bonds. The molecular weight excluding hydrogens is 228 g/mol. The molecule has 0 unspecified atom stereocenters. The Kier molecular flexibility index (Phi) is 2.94. The number of nitrogens with zero attached hydrogens (tertiary/aromatic N) is 3. The van der Waals surface area contributed by atoms with Crippen molar-refractivity contribution >= 4 is 10.0 Å². The number of aromatic nitrogens is 2. The molecule has 16 heavy (non-hydrogen) atoms. The van der Waals surface area contributed by atoms with E-state index in [0.29, 0.717) is 0 Å². The first-order valence-electron chi connectivity index (χ1n) is 5.04. The number of hydrogen-bond acceptors (Lipinski definition) is 4. The van der Waals surface area contributed by atoms with Crippen LogP contribution in [0.4, 0.5) is 0 Å². The van der Waals surface area contributed by atoms with E-state index >= 15 is 0 Å². The summed E-state index contributed by atoms with van der Waals surface area (Å²) >= 11 is 0. The molecular formula is C9H12N4O2S. The van der Waals surface area contributed by atoms with E-state index in [1.807, 2.05) is 6.07 Å². The van der Waals surface area contributed by atoms with Gasteiger partial charge in [-0.15, -0.1) is 0 Å². The number of aromatic amines is 1. The van der Waals surface area contributed by atoms with Gasteiger partial charge in [0.2, 0.25) is 0 Å². The van der Waals surface area contributed by atoms with Crippen molar-refractivity contribution in [3.8, 4) is 6.07 Å². The van der Waals surface area contributed by atoms with Gasteiger partial charge in [0.05, 0.1) is 12.3 Å². The van der Waals surface area contributed by atoms with Gasteiger partial charge in [0.15, 0.2) is 5.03 Å². The maximum atomic E-state index is 12.1. The Morgan fingerprint density at radius 1 is 1.62 bits per heavy atom. The highest BCUT2D eigenvalue weighted by Crippen LogP contribution is 2.31. The minimum atomic E-state index is -3.50. The van der Waals surface area contributed by atoms with E-state index in [1.54, 1.807) is 0 Å². The lowest BCUT2D eigenvalue weighted by Crippen LogP contribution is -2.34. The predicted octanol–water partition coefficient (Wildman–Crippen LogP) is 0.476. The largest absolute Gasteiger partial charge is 0.266 e.